The number of carbonyl (C=O) groups excluding carboxylic acids is 1. The van der Waals surface area contributed by atoms with Crippen LogP contribution in [0.2, 0.25) is 0 Å². The highest BCUT2D eigenvalue weighted by molar-refractivity contribution is 7.89. The SMILES string of the molecule is COc1ccccc1CNC(=O)c1ccc(S(=O)(=O)NC2CC2)o1. The normalized spacial score (nSPS) is 14.4. The van der Waals surface area contributed by atoms with Gasteiger partial charge in [0, 0.05) is 18.2 Å². The van der Waals surface area contributed by atoms with Gasteiger partial charge in [-0.3, -0.25) is 4.79 Å². The summed E-state index contributed by atoms with van der Waals surface area (Å²) in [5.74, 6) is 0.115. The maximum atomic E-state index is 12.1. The molecule has 1 aliphatic carbocycles. The summed E-state index contributed by atoms with van der Waals surface area (Å²) in [5.41, 5.74) is 0.808. The molecule has 3 rings (SSSR count). The minimum Gasteiger partial charge on any atom is -0.496 e. The van der Waals surface area contributed by atoms with Crippen molar-refractivity contribution in [3.8, 4) is 5.75 Å². The minimum absolute atomic E-state index is 0.0251. The van der Waals surface area contributed by atoms with Gasteiger partial charge in [0.25, 0.3) is 15.9 Å². The average molecular weight is 350 g/mol. The van der Waals surface area contributed by atoms with Crippen molar-refractivity contribution in [2.24, 2.45) is 0 Å². The number of sulfonamides is 1. The summed E-state index contributed by atoms with van der Waals surface area (Å²) in [6.45, 7) is 0.242. The van der Waals surface area contributed by atoms with Crippen molar-refractivity contribution < 1.29 is 22.4 Å². The van der Waals surface area contributed by atoms with Crippen LogP contribution in [0.3, 0.4) is 0 Å². The summed E-state index contributed by atoms with van der Waals surface area (Å²) in [7, 11) is -2.15. The van der Waals surface area contributed by atoms with Crippen LogP contribution in [0, 0.1) is 0 Å². The fourth-order valence-electron chi connectivity index (χ4n) is 2.18. The third-order valence-corrected chi connectivity index (χ3v) is 4.99. The molecule has 0 spiro atoms. The Morgan fingerprint density at radius 1 is 1.25 bits per heavy atom. The second-order valence-corrected chi connectivity index (χ2v) is 7.15. The fraction of sp³-hybridized carbons (Fsp3) is 0.312. The summed E-state index contributed by atoms with van der Waals surface area (Å²) in [6.07, 6.45) is 1.65. The van der Waals surface area contributed by atoms with E-state index in [1.165, 1.54) is 12.1 Å². The number of para-hydroxylation sites is 1. The molecule has 1 heterocycles. The molecular weight excluding hydrogens is 332 g/mol. The standard InChI is InChI=1S/C16H18N2O5S/c1-22-13-5-3-2-4-11(13)10-17-16(19)14-8-9-15(23-14)24(20,21)18-12-6-7-12/h2-5,8-9,12,18H,6-7,10H2,1H3,(H,17,19). The summed E-state index contributed by atoms with van der Waals surface area (Å²) >= 11 is 0. The molecule has 0 radical (unpaired) electrons. The Kier molecular flexibility index (Phi) is 4.59. The topological polar surface area (TPSA) is 97.6 Å². The van der Waals surface area contributed by atoms with Crippen molar-refractivity contribution in [1.29, 1.82) is 0 Å². The number of amides is 1. The van der Waals surface area contributed by atoms with Gasteiger partial charge in [-0.2, -0.15) is 0 Å². The molecule has 24 heavy (non-hydrogen) atoms. The first-order chi connectivity index (χ1) is 11.5. The van der Waals surface area contributed by atoms with Gasteiger partial charge in [-0.05, 0) is 31.0 Å². The molecular formula is C16H18N2O5S. The number of rotatable bonds is 7. The van der Waals surface area contributed by atoms with Gasteiger partial charge in [-0.1, -0.05) is 18.2 Å². The molecule has 0 atom stereocenters. The Morgan fingerprint density at radius 2 is 2.00 bits per heavy atom. The summed E-state index contributed by atoms with van der Waals surface area (Å²) in [4.78, 5) is 12.1. The number of benzene rings is 1. The van der Waals surface area contributed by atoms with Gasteiger partial charge in [0.05, 0.1) is 7.11 Å². The summed E-state index contributed by atoms with van der Waals surface area (Å²) in [6, 6.07) is 9.90. The quantitative estimate of drug-likeness (QED) is 0.791. The molecule has 1 aliphatic rings. The Balaban J connectivity index is 1.65. The molecule has 7 nitrogen and oxygen atoms in total. The van der Waals surface area contributed by atoms with Gasteiger partial charge in [0.15, 0.2) is 5.76 Å². The van der Waals surface area contributed by atoms with Crippen molar-refractivity contribution in [2.75, 3.05) is 7.11 Å². The number of furan rings is 1. The zero-order chi connectivity index (χ0) is 17.2. The molecule has 0 aliphatic heterocycles. The van der Waals surface area contributed by atoms with E-state index in [1.54, 1.807) is 13.2 Å². The van der Waals surface area contributed by atoms with Gasteiger partial charge < -0.3 is 14.5 Å². The Labute approximate surface area is 140 Å². The van der Waals surface area contributed by atoms with Gasteiger partial charge >= 0.3 is 0 Å². The lowest BCUT2D eigenvalue weighted by atomic mass is 10.2. The summed E-state index contributed by atoms with van der Waals surface area (Å²) < 4.78 is 37.0. The predicted octanol–water partition coefficient (Wildman–Crippen LogP) is 1.66. The molecule has 1 amide bonds. The Hall–Kier alpha value is -2.32. The highest BCUT2D eigenvalue weighted by Gasteiger charge is 2.30. The first-order valence-electron chi connectivity index (χ1n) is 7.52. The van der Waals surface area contributed by atoms with E-state index in [2.05, 4.69) is 10.0 Å². The third-order valence-electron chi connectivity index (χ3n) is 3.60. The molecule has 1 aromatic carbocycles. The smallest absolute Gasteiger partial charge is 0.287 e. The van der Waals surface area contributed by atoms with Gasteiger partial charge in [0.2, 0.25) is 5.09 Å². The van der Waals surface area contributed by atoms with Gasteiger partial charge in [-0.15, -0.1) is 0 Å². The maximum Gasteiger partial charge on any atom is 0.287 e. The first-order valence-corrected chi connectivity index (χ1v) is 9.00. The zero-order valence-corrected chi connectivity index (χ0v) is 13.9. The van der Waals surface area contributed by atoms with Crippen molar-refractivity contribution in [3.05, 3.63) is 47.7 Å². The van der Waals surface area contributed by atoms with Crippen molar-refractivity contribution in [3.63, 3.8) is 0 Å². The maximum absolute atomic E-state index is 12.1. The molecule has 2 aromatic rings. The fourth-order valence-corrected chi connectivity index (χ4v) is 3.41. The van der Waals surface area contributed by atoms with Crippen LogP contribution in [0.25, 0.3) is 0 Å². The van der Waals surface area contributed by atoms with E-state index < -0.39 is 15.9 Å². The Morgan fingerprint density at radius 3 is 2.71 bits per heavy atom. The molecule has 8 heteroatoms. The zero-order valence-electron chi connectivity index (χ0n) is 13.1. The van der Waals surface area contributed by atoms with Crippen LogP contribution in [0.15, 0.2) is 45.9 Å². The molecule has 1 saturated carbocycles. The largest absolute Gasteiger partial charge is 0.496 e. The first kappa shape index (κ1) is 16.5. The highest BCUT2D eigenvalue weighted by atomic mass is 32.2. The van der Waals surface area contributed by atoms with Crippen LogP contribution >= 0.6 is 0 Å². The van der Waals surface area contributed by atoms with Gasteiger partial charge in [-0.25, -0.2) is 13.1 Å². The molecule has 0 unspecified atom stereocenters. The van der Waals surface area contributed by atoms with Crippen molar-refractivity contribution in [1.82, 2.24) is 10.0 Å². The minimum atomic E-state index is -3.70. The molecule has 0 saturated heterocycles. The van der Waals surface area contributed by atoms with E-state index in [0.717, 1.165) is 18.4 Å². The molecule has 0 bridgehead atoms. The lowest BCUT2D eigenvalue weighted by molar-refractivity contribution is 0.0917. The van der Waals surface area contributed by atoms with E-state index in [0.29, 0.717) is 5.75 Å². The lowest BCUT2D eigenvalue weighted by Crippen LogP contribution is -2.25. The van der Waals surface area contributed by atoms with E-state index in [1.807, 2.05) is 18.2 Å². The highest BCUT2D eigenvalue weighted by Crippen LogP contribution is 2.23. The van der Waals surface area contributed by atoms with Crippen molar-refractivity contribution >= 4 is 15.9 Å². The molecule has 128 valence electrons. The van der Waals surface area contributed by atoms with Crippen LogP contribution in [0.1, 0.15) is 29.0 Å². The predicted molar refractivity (Wildman–Crippen MR) is 86.2 cm³/mol. The molecule has 2 N–H and O–H groups in total. The van der Waals surface area contributed by atoms with Crippen LogP contribution in [0.5, 0.6) is 5.75 Å². The van der Waals surface area contributed by atoms with E-state index in [4.69, 9.17) is 9.15 Å². The number of methoxy groups -OCH3 is 1. The number of ether oxygens (including phenoxy) is 1. The second-order valence-electron chi connectivity index (χ2n) is 5.51. The van der Waals surface area contributed by atoms with Crippen LogP contribution < -0.4 is 14.8 Å². The van der Waals surface area contributed by atoms with Crippen LogP contribution in [-0.2, 0) is 16.6 Å². The van der Waals surface area contributed by atoms with Crippen LogP contribution in [-0.4, -0.2) is 27.5 Å². The van der Waals surface area contributed by atoms with E-state index >= 15 is 0 Å². The summed E-state index contributed by atoms with van der Waals surface area (Å²) in [5, 5.41) is 2.43. The second kappa shape index (κ2) is 6.66. The van der Waals surface area contributed by atoms with E-state index in [-0.39, 0.29) is 23.4 Å². The molecule has 1 aromatic heterocycles. The van der Waals surface area contributed by atoms with Crippen LogP contribution in [0.4, 0.5) is 0 Å². The number of hydrogen-bond donors (Lipinski definition) is 2. The molecule has 1 fully saturated rings. The number of nitrogens with one attached hydrogen (secondary N) is 2. The lowest BCUT2D eigenvalue weighted by Gasteiger charge is -2.08. The number of hydrogen-bond acceptors (Lipinski definition) is 5. The number of carbonyl (C=O) groups is 1. The Bertz CT molecular complexity index is 840. The van der Waals surface area contributed by atoms with Gasteiger partial charge in [0.1, 0.15) is 5.75 Å². The average Bonchev–Trinajstić information content (AvgIpc) is 3.22. The van der Waals surface area contributed by atoms with E-state index in [9.17, 15) is 13.2 Å². The van der Waals surface area contributed by atoms with Crippen molar-refractivity contribution in [2.45, 2.75) is 30.5 Å². The monoisotopic (exact) mass is 350 g/mol. The third kappa shape index (κ3) is 3.77.